The zero-order chi connectivity index (χ0) is 29.5. The summed E-state index contributed by atoms with van der Waals surface area (Å²) < 4.78 is 52.5. The van der Waals surface area contributed by atoms with E-state index in [4.69, 9.17) is 14.7 Å². The summed E-state index contributed by atoms with van der Waals surface area (Å²) in [4.78, 5) is 23.1. The summed E-state index contributed by atoms with van der Waals surface area (Å²) in [5.74, 6) is -0.462. The number of benzene rings is 1. The van der Waals surface area contributed by atoms with Gasteiger partial charge in [0.1, 0.15) is 35.6 Å². The van der Waals surface area contributed by atoms with Crippen molar-refractivity contribution in [3.63, 3.8) is 0 Å². The largest absolute Gasteiger partial charge is 0.461 e. The lowest BCUT2D eigenvalue weighted by Crippen LogP contribution is -2.51. The van der Waals surface area contributed by atoms with Crippen LogP contribution in [-0.2, 0) is 0 Å². The fraction of sp³-hybridized carbons (Fsp3) is 0.533. The molecule has 0 spiro atoms. The second-order valence-corrected chi connectivity index (χ2v) is 13.4. The van der Waals surface area contributed by atoms with Crippen LogP contribution in [0.5, 0.6) is 6.01 Å². The maximum Gasteiger partial charge on any atom is 0.319 e. The van der Waals surface area contributed by atoms with Gasteiger partial charge in [-0.15, -0.1) is 0 Å². The number of aromatic nitrogens is 4. The Kier molecular flexibility index (Phi) is 6.43. The second-order valence-electron chi connectivity index (χ2n) is 12.4. The topological polar surface area (TPSA) is 91.3 Å². The molecule has 43 heavy (non-hydrogen) atoms. The number of alkyl halides is 1. The van der Waals surface area contributed by atoms with Crippen molar-refractivity contribution in [3.8, 4) is 17.3 Å². The average Bonchev–Trinajstić information content (AvgIpc) is 3.76. The summed E-state index contributed by atoms with van der Waals surface area (Å²) in [6, 6.07) is 3.56. The van der Waals surface area contributed by atoms with Crippen LogP contribution in [0.25, 0.3) is 32.4 Å². The summed E-state index contributed by atoms with van der Waals surface area (Å²) in [6.45, 7) is 4.79. The lowest BCUT2D eigenvalue weighted by molar-refractivity contribution is 0.107. The number of aryl methyl sites for hydroxylation is 1. The zero-order valence-corrected chi connectivity index (χ0v) is 24.9. The first kappa shape index (κ1) is 27.3. The number of anilines is 2. The Hall–Kier alpha value is -3.29. The summed E-state index contributed by atoms with van der Waals surface area (Å²) in [6.07, 6.45) is 3.52. The number of nitrogens with zero attached hydrogens (tertiary/aromatic N) is 6. The normalized spacial score (nSPS) is 27.0. The minimum absolute atomic E-state index is 0.0514. The molecule has 4 aliphatic heterocycles. The Labute approximate surface area is 250 Å². The molecular weight excluding hydrogens is 577 g/mol. The van der Waals surface area contributed by atoms with E-state index in [0.717, 1.165) is 45.3 Å². The Morgan fingerprint density at radius 1 is 1.09 bits per heavy atom. The van der Waals surface area contributed by atoms with Crippen LogP contribution in [0.3, 0.4) is 0 Å². The summed E-state index contributed by atoms with van der Waals surface area (Å²) in [5.41, 5.74) is 1.06. The third kappa shape index (κ3) is 4.41. The molecule has 13 heteroatoms. The van der Waals surface area contributed by atoms with Gasteiger partial charge < -0.3 is 20.3 Å². The molecule has 4 atom stereocenters. The van der Waals surface area contributed by atoms with Crippen LogP contribution in [0.1, 0.15) is 37.8 Å². The molecule has 4 fully saturated rings. The second kappa shape index (κ2) is 10.1. The van der Waals surface area contributed by atoms with E-state index in [1.165, 1.54) is 23.5 Å². The molecule has 7 heterocycles. The van der Waals surface area contributed by atoms with Crippen LogP contribution < -0.4 is 20.3 Å². The summed E-state index contributed by atoms with van der Waals surface area (Å²) in [5, 5.41) is 7.65. The third-order valence-corrected chi connectivity index (χ3v) is 10.7. The molecule has 226 valence electrons. The summed E-state index contributed by atoms with van der Waals surface area (Å²) in [7, 11) is 1.71. The quantitative estimate of drug-likeness (QED) is 0.319. The number of fused-ring (bicyclic) bond motifs is 5. The summed E-state index contributed by atoms with van der Waals surface area (Å²) >= 11 is 1.17. The van der Waals surface area contributed by atoms with E-state index in [-0.39, 0.29) is 29.4 Å². The Balaban J connectivity index is 1.27. The highest BCUT2D eigenvalue weighted by Gasteiger charge is 2.49. The van der Waals surface area contributed by atoms with Gasteiger partial charge in [0, 0.05) is 50.7 Å². The van der Waals surface area contributed by atoms with E-state index in [0.29, 0.717) is 62.9 Å². The molecule has 4 aliphatic rings. The van der Waals surface area contributed by atoms with Gasteiger partial charge in [0.15, 0.2) is 10.9 Å². The van der Waals surface area contributed by atoms with Gasteiger partial charge in [0.25, 0.3) is 0 Å². The van der Waals surface area contributed by atoms with E-state index in [9.17, 15) is 8.78 Å². The van der Waals surface area contributed by atoms with Gasteiger partial charge in [-0.3, -0.25) is 4.90 Å². The van der Waals surface area contributed by atoms with Crippen molar-refractivity contribution in [1.82, 2.24) is 30.2 Å². The number of piperazine rings is 1. The number of nitrogens with one attached hydrogen (secondary N) is 2. The SMILES string of the molecule is CNc1nc2c(-c3nc(C)c4c(N5CC6CCC(C5)N6)nc(OC[C@@]56CCCN5C[C@H](F)C6)nc4c3F)ccc(F)c2s1. The number of pyridine rings is 1. The molecule has 4 aromatic rings. The van der Waals surface area contributed by atoms with Gasteiger partial charge in [-0.25, -0.2) is 23.1 Å². The van der Waals surface area contributed by atoms with Crippen molar-refractivity contribution in [3.05, 3.63) is 29.5 Å². The van der Waals surface area contributed by atoms with Gasteiger partial charge >= 0.3 is 6.01 Å². The molecule has 0 radical (unpaired) electrons. The van der Waals surface area contributed by atoms with E-state index in [1.54, 1.807) is 7.05 Å². The minimum atomic E-state index is -0.885. The highest BCUT2D eigenvalue weighted by atomic mass is 32.1. The van der Waals surface area contributed by atoms with Gasteiger partial charge in [0.2, 0.25) is 0 Å². The van der Waals surface area contributed by atoms with Gasteiger partial charge in [0.05, 0.1) is 26.8 Å². The lowest BCUT2D eigenvalue weighted by atomic mass is 9.95. The molecule has 1 aromatic carbocycles. The molecule has 0 aliphatic carbocycles. The van der Waals surface area contributed by atoms with Crippen LogP contribution in [0.15, 0.2) is 12.1 Å². The first-order valence-corrected chi connectivity index (χ1v) is 15.8. The fourth-order valence-corrected chi connectivity index (χ4v) is 8.52. The molecule has 2 N–H and O–H groups in total. The number of ether oxygens (including phenoxy) is 1. The molecule has 0 saturated carbocycles. The average molecular weight is 611 g/mol. The zero-order valence-electron chi connectivity index (χ0n) is 24.1. The molecular formula is C30H33F3N8OS. The maximum absolute atomic E-state index is 16.7. The van der Waals surface area contributed by atoms with Gasteiger partial charge in [-0.05, 0) is 51.3 Å². The molecule has 8 rings (SSSR count). The predicted molar refractivity (Wildman–Crippen MR) is 161 cm³/mol. The number of halogens is 3. The first-order chi connectivity index (χ1) is 20.8. The maximum atomic E-state index is 16.7. The van der Waals surface area contributed by atoms with Gasteiger partial charge in [-0.1, -0.05) is 11.3 Å². The Morgan fingerprint density at radius 2 is 1.91 bits per heavy atom. The van der Waals surface area contributed by atoms with E-state index in [2.05, 4.69) is 30.4 Å². The van der Waals surface area contributed by atoms with E-state index >= 15 is 4.39 Å². The molecule has 2 bridgehead atoms. The smallest absolute Gasteiger partial charge is 0.319 e. The van der Waals surface area contributed by atoms with Crippen LogP contribution >= 0.6 is 11.3 Å². The number of hydrogen-bond donors (Lipinski definition) is 2. The van der Waals surface area contributed by atoms with Gasteiger partial charge in [-0.2, -0.15) is 9.97 Å². The van der Waals surface area contributed by atoms with Crippen molar-refractivity contribution >= 4 is 43.4 Å². The Morgan fingerprint density at radius 3 is 2.70 bits per heavy atom. The monoisotopic (exact) mass is 610 g/mol. The fourth-order valence-electron chi connectivity index (χ4n) is 7.67. The van der Waals surface area contributed by atoms with E-state index in [1.807, 2.05) is 6.92 Å². The van der Waals surface area contributed by atoms with Crippen LogP contribution in [0.4, 0.5) is 24.1 Å². The van der Waals surface area contributed by atoms with Crippen molar-refractivity contribution < 1.29 is 17.9 Å². The molecule has 0 amide bonds. The minimum Gasteiger partial charge on any atom is -0.461 e. The highest BCUT2D eigenvalue weighted by Crippen LogP contribution is 2.42. The first-order valence-electron chi connectivity index (χ1n) is 15.0. The molecule has 3 aromatic heterocycles. The lowest BCUT2D eigenvalue weighted by Gasteiger charge is -2.35. The van der Waals surface area contributed by atoms with Crippen LogP contribution in [0, 0.1) is 18.6 Å². The van der Waals surface area contributed by atoms with Crippen molar-refractivity contribution in [1.29, 1.82) is 0 Å². The predicted octanol–water partition coefficient (Wildman–Crippen LogP) is 4.83. The van der Waals surface area contributed by atoms with Crippen LogP contribution in [-0.4, -0.2) is 88.5 Å². The molecule has 4 saturated heterocycles. The third-order valence-electron chi connectivity index (χ3n) is 9.64. The van der Waals surface area contributed by atoms with Crippen molar-refractivity contribution in [2.24, 2.45) is 0 Å². The highest BCUT2D eigenvalue weighted by molar-refractivity contribution is 7.22. The Bertz CT molecular complexity index is 1740. The standard InChI is InChI=1S/C30H33F3N8OS/c1-15-21-25(22(33)23(35-15)19-6-7-20(32)26-24(19)38-29(34-2)43-26)37-28(39-27(21)40-12-17-4-5-18(13-40)36-17)42-14-30-8-3-9-41(30)11-16(31)10-30/h6-7,16-18,36H,3-5,8-14H2,1-2H3,(H,34,38)/t16-,17?,18?,30+/m1/s1. The molecule has 9 nitrogen and oxygen atoms in total. The number of hydrogen-bond acceptors (Lipinski definition) is 10. The van der Waals surface area contributed by atoms with Crippen LogP contribution in [0.2, 0.25) is 0 Å². The number of thiazole rings is 1. The van der Waals surface area contributed by atoms with Crippen molar-refractivity contribution in [2.75, 3.05) is 50.1 Å². The van der Waals surface area contributed by atoms with E-state index < -0.39 is 17.8 Å². The van der Waals surface area contributed by atoms with Crippen molar-refractivity contribution in [2.45, 2.75) is 62.8 Å². The molecule has 2 unspecified atom stereocenters. The number of rotatable bonds is 6.